The van der Waals surface area contributed by atoms with Crippen LogP contribution in [0.1, 0.15) is 9.67 Å². The molecule has 0 radical (unpaired) electrons. The van der Waals surface area contributed by atoms with Gasteiger partial charge in [0, 0.05) is 9.79 Å². The third-order valence-corrected chi connectivity index (χ3v) is 4.11. The van der Waals surface area contributed by atoms with Crippen molar-refractivity contribution in [3.8, 4) is 5.75 Å². The predicted octanol–water partition coefficient (Wildman–Crippen LogP) is 3.72. The van der Waals surface area contributed by atoms with Crippen molar-refractivity contribution in [3.05, 3.63) is 40.6 Å². The highest BCUT2D eigenvalue weighted by Crippen LogP contribution is 2.33. The number of ether oxygens (including phenoxy) is 1. The van der Waals surface area contributed by atoms with E-state index in [1.165, 1.54) is 11.3 Å². The van der Waals surface area contributed by atoms with Crippen molar-refractivity contribution in [3.63, 3.8) is 0 Å². The minimum atomic E-state index is 0.779. The molecule has 1 aromatic heterocycles. The largest absolute Gasteiger partial charge is 0.497 e. The molecule has 2 rings (SSSR count). The van der Waals surface area contributed by atoms with Crippen LogP contribution in [0.15, 0.2) is 45.5 Å². The summed E-state index contributed by atoms with van der Waals surface area (Å²) in [6.45, 7) is 0. The van der Waals surface area contributed by atoms with Crippen LogP contribution in [0.2, 0.25) is 0 Å². The molecule has 0 aliphatic rings. The van der Waals surface area contributed by atoms with Crippen molar-refractivity contribution in [1.82, 2.24) is 0 Å². The van der Waals surface area contributed by atoms with Gasteiger partial charge in [-0.2, -0.15) is 0 Å². The average molecular weight is 250 g/mol. The van der Waals surface area contributed by atoms with Crippen LogP contribution in [-0.4, -0.2) is 13.4 Å². The number of hydrogen-bond donors (Lipinski definition) is 0. The molecule has 0 amide bonds. The summed E-state index contributed by atoms with van der Waals surface area (Å²) in [5.41, 5.74) is 0. The van der Waals surface area contributed by atoms with Gasteiger partial charge >= 0.3 is 0 Å². The Balaban J connectivity index is 2.17. The van der Waals surface area contributed by atoms with Crippen molar-refractivity contribution in [2.75, 3.05) is 7.11 Å². The zero-order chi connectivity index (χ0) is 11.4. The molecule has 82 valence electrons. The molecule has 0 spiro atoms. The minimum absolute atomic E-state index is 0.779. The molecule has 0 aliphatic carbocycles. The highest BCUT2D eigenvalue weighted by Gasteiger charge is 2.05. The molecule has 1 aromatic carbocycles. The monoisotopic (exact) mass is 250 g/mol. The number of carbonyl (C=O) groups is 1. The molecule has 0 saturated carbocycles. The highest BCUT2D eigenvalue weighted by atomic mass is 32.2. The maximum atomic E-state index is 10.8. The van der Waals surface area contributed by atoms with E-state index in [1.54, 1.807) is 18.9 Å². The van der Waals surface area contributed by atoms with Crippen molar-refractivity contribution in [1.29, 1.82) is 0 Å². The first-order valence-corrected chi connectivity index (χ1v) is 6.37. The lowest BCUT2D eigenvalue weighted by Gasteiger charge is -2.02. The Morgan fingerprint density at radius 3 is 2.62 bits per heavy atom. The summed E-state index contributed by atoms with van der Waals surface area (Å²) >= 11 is 3.05. The van der Waals surface area contributed by atoms with Gasteiger partial charge in [0.1, 0.15) is 5.75 Å². The van der Waals surface area contributed by atoms with E-state index in [2.05, 4.69) is 0 Å². The van der Waals surface area contributed by atoms with E-state index in [9.17, 15) is 4.79 Å². The summed E-state index contributed by atoms with van der Waals surface area (Å²) in [5, 5.41) is 1.93. The highest BCUT2D eigenvalue weighted by molar-refractivity contribution is 7.99. The molecule has 0 saturated heterocycles. The fraction of sp³-hybridized carbons (Fsp3) is 0.0833. The summed E-state index contributed by atoms with van der Waals surface area (Å²) in [7, 11) is 1.64. The molecular weight excluding hydrogens is 240 g/mol. The third-order valence-electron chi connectivity index (χ3n) is 2.05. The Morgan fingerprint density at radius 1 is 1.25 bits per heavy atom. The van der Waals surface area contributed by atoms with Crippen LogP contribution in [-0.2, 0) is 0 Å². The van der Waals surface area contributed by atoms with E-state index in [4.69, 9.17) is 4.74 Å². The molecule has 0 N–H and O–H groups in total. The van der Waals surface area contributed by atoms with Crippen molar-refractivity contribution < 1.29 is 9.53 Å². The lowest BCUT2D eigenvalue weighted by Crippen LogP contribution is -1.81. The van der Waals surface area contributed by atoms with Gasteiger partial charge in [-0.3, -0.25) is 4.79 Å². The normalized spacial score (nSPS) is 10.1. The summed E-state index contributed by atoms with van der Waals surface area (Å²) in [5.74, 6) is 0.838. The zero-order valence-electron chi connectivity index (χ0n) is 8.67. The van der Waals surface area contributed by atoms with Crippen LogP contribution >= 0.6 is 23.1 Å². The Morgan fingerprint density at radius 2 is 2.00 bits per heavy atom. The molecule has 4 heteroatoms. The maximum absolute atomic E-state index is 10.8. The topological polar surface area (TPSA) is 26.3 Å². The molecule has 1 heterocycles. The summed E-state index contributed by atoms with van der Waals surface area (Å²) in [6, 6.07) is 9.75. The lowest BCUT2D eigenvalue weighted by atomic mass is 10.3. The quantitative estimate of drug-likeness (QED) is 0.774. The van der Waals surface area contributed by atoms with Crippen LogP contribution < -0.4 is 4.74 Å². The standard InChI is InChI=1S/C12H10O2S2/c1-14-9-2-4-10(5-3-9)16-11-6-7-15-12(11)8-13/h2-8H,1H3. The van der Waals surface area contributed by atoms with Crippen LogP contribution in [0.4, 0.5) is 0 Å². The Kier molecular flexibility index (Phi) is 3.64. The maximum Gasteiger partial charge on any atom is 0.161 e. The summed E-state index contributed by atoms with van der Waals surface area (Å²) in [6.07, 6.45) is 0.899. The summed E-state index contributed by atoms with van der Waals surface area (Å²) < 4.78 is 5.09. The van der Waals surface area contributed by atoms with E-state index in [0.29, 0.717) is 0 Å². The van der Waals surface area contributed by atoms with Gasteiger partial charge in [-0.25, -0.2) is 0 Å². The van der Waals surface area contributed by atoms with E-state index < -0.39 is 0 Å². The average Bonchev–Trinajstić information content (AvgIpc) is 2.77. The number of carbonyl (C=O) groups excluding carboxylic acids is 1. The molecule has 0 aliphatic heterocycles. The predicted molar refractivity (Wildman–Crippen MR) is 66.8 cm³/mol. The number of hydrogen-bond acceptors (Lipinski definition) is 4. The molecular formula is C12H10O2S2. The van der Waals surface area contributed by atoms with Crippen LogP contribution in [0.5, 0.6) is 5.75 Å². The van der Waals surface area contributed by atoms with Crippen LogP contribution in [0.25, 0.3) is 0 Å². The minimum Gasteiger partial charge on any atom is -0.497 e. The number of rotatable bonds is 4. The Labute approximate surface area is 102 Å². The first-order valence-electron chi connectivity index (χ1n) is 4.68. The van der Waals surface area contributed by atoms with Gasteiger partial charge in [0.05, 0.1) is 12.0 Å². The van der Waals surface area contributed by atoms with Crippen LogP contribution in [0, 0.1) is 0 Å². The fourth-order valence-electron chi connectivity index (χ4n) is 1.25. The van der Waals surface area contributed by atoms with E-state index in [1.807, 2.05) is 35.7 Å². The molecule has 0 unspecified atom stereocenters. The second-order valence-corrected chi connectivity index (χ2v) is 5.11. The zero-order valence-corrected chi connectivity index (χ0v) is 10.3. The second-order valence-electron chi connectivity index (χ2n) is 3.04. The van der Waals surface area contributed by atoms with Crippen molar-refractivity contribution >= 4 is 29.4 Å². The van der Waals surface area contributed by atoms with Gasteiger partial charge in [-0.1, -0.05) is 11.8 Å². The summed E-state index contributed by atoms with van der Waals surface area (Å²) in [4.78, 5) is 13.6. The first-order chi connectivity index (χ1) is 7.83. The van der Waals surface area contributed by atoms with Gasteiger partial charge in [-0.05, 0) is 35.7 Å². The van der Waals surface area contributed by atoms with Gasteiger partial charge in [-0.15, -0.1) is 11.3 Å². The SMILES string of the molecule is COc1ccc(Sc2ccsc2C=O)cc1. The fourth-order valence-corrected chi connectivity index (χ4v) is 3.01. The number of aldehydes is 1. The van der Waals surface area contributed by atoms with E-state index >= 15 is 0 Å². The second kappa shape index (κ2) is 5.18. The number of methoxy groups -OCH3 is 1. The molecule has 0 atom stereocenters. The smallest absolute Gasteiger partial charge is 0.161 e. The Hall–Kier alpha value is -1.26. The van der Waals surface area contributed by atoms with E-state index in [0.717, 1.165) is 26.7 Å². The molecule has 0 fully saturated rings. The first kappa shape index (κ1) is 11.2. The number of benzene rings is 1. The van der Waals surface area contributed by atoms with Gasteiger partial charge in [0.15, 0.2) is 6.29 Å². The van der Waals surface area contributed by atoms with Crippen molar-refractivity contribution in [2.45, 2.75) is 9.79 Å². The third kappa shape index (κ3) is 2.46. The molecule has 2 aromatic rings. The number of thiophene rings is 1. The molecule has 16 heavy (non-hydrogen) atoms. The lowest BCUT2D eigenvalue weighted by molar-refractivity contribution is 0.112. The van der Waals surface area contributed by atoms with Gasteiger partial charge in [0.25, 0.3) is 0 Å². The van der Waals surface area contributed by atoms with Gasteiger partial charge < -0.3 is 4.74 Å². The van der Waals surface area contributed by atoms with Gasteiger partial charge in [0.2, 0.25) is 0 Å². The van der Waals surface area contributed by atoms with Crippen molar-refractivity contribution in [2.24, 2.45) is 0 Å². The Bertz CT molecular complexity index is 474. The van der Waals surface area contributed by atoms with E-state index in [-0.39, 0.29) is 0 Å². The molecule has 2 nitrogen and oxygen atoms in total. The molecule has 0 bridgehead atoms. The van der Waals surface area contributed by atoms with Crippen LogP contribution in [0.3, 0.4) is 0 Å².